The molecule has 0 atom stereocenters. The van der Waals surface area contributed by atoms with E-state index in [4.69, 9.17) is 4.74 Å². The van der Waals surface area contributed by atoms with Crippen molar-refractivity contribution in [1.82, 2.24) is 15.1 Å². The van der Waals surface area contributed by atoms with Crippen LogP contribution in [-0.2, 0) is 16.1 Å². The van der Waals surface area contributed by atoms with E-state index in [1.807, 2.05) is 42.6 Å². The molecule has 0 saturated carbocycles. The molecule has 0 fully saturated rings. The van der Waals surface area contributed by atoms with Crippen molar-refractivity contribution in [3.05, 3.63) is 59.4 Å². The van der Waals surface area contributed by atoms with Crippen molar-refractivity contribution in [2.75, 3.05) is 20.3 Å². The van der Waals surface area contributed by atoms with Gasteiger partial charge >= 0.3 is 0 Å². The summed E-state index contributed by atoms with van der Waals surface area (Å²) in [6.45, 7) is 1.68. The molecule has 0 aliphatic rings. The number of hydrogen-bond acceptors (Lipinski definition) is 4. The second-order valence-corrected chi connectivity index (χ2v) is 5.23. The zero-order valence-corrected chi connectivity index (χ0v) is 13.6. The second-order valence-electron chi connectivity index (χ2n) is 5.23. The van der Waals surface area contributed by atoms with Gasteiger partial charge in [-0.2, -0.15) is 10.4 Å². The molecule has 6 heteroatoms. The summed E-state index contributed by atoms with van der Waals surface area (Å²) >= 11 is 0. The number of hydrogen-bond donors (Lipinski definition) is 1. The number of amides is 1. The Morgan fingerprint density at radius 1 is 1.42 bits per heavy atom. The summed E-state index contributed by atoms with van der Waals surface area (Å²) in [4.78, 5) is 12.0. The highest BCUT2D eigenvalue weighted by Crippen LogP contribution is 2.08. The molecule has 6 nitrogen and oxygen atoms in total. The molecule has 1 N–H and O–H groups in total. The predicted molar refractivity (Wildman–Crippen MR) is 90.9 cm³/mol. The van der Waals surface area contributed by atoms with Crippen LogP contribution >= 0.6 is 0 Å². The molecule has 124 valence electrons. The lowest BCUT2D eigenvalue weighted by atomic mass is 10.2. The summed E-state index contributed by atoms with van der Waals surface area (Å²) in [6, 6.07) is 11.9. The molecule has 0 saturated heterocycles. The van der Waals surface area contributed by atoms with Crippen LogP contribution in [0.15, 0.2) is 48.3 Å². The van der Waals surface area contributed by atoms with Crippen LogP contribution in [0.5, 0.6) is 0 Å². The van der Waals surface area contributed by atoms with Crippen molar-refractivity contribution >= 4 is 12.0 Å². The van der Waals surface area contributed by atoms with Gasteiger partial charge < -0.3 is 10.1 Å². The monoisotopic (exact) mass is 324 g/mol. The van der Waals surface area contributed by atoms with E-state index < -0.39 is 0 Å². The first-order valence-electron chi connectivity index (χ1n) is 7.68. The van der Waals surface area contributed by atoms with Crippen molar-refractivity contribution in [2.24, 2.45) is 0 Å². The van der Waals surface area contributed by atoms with Gasteiger partial charge in [-0.15, -0.1) is 0 Å². The fourth-order valence-corrected chi connectivity index (χ4v) is 2.14. The lowest BCUT2D eigenvalue weighted by Crippen LogP contribution is -2.26. The third-order valence-corrected chi connectivity index (χ3v) is 3.33. The van der Waals surface area contributed by atoms with Crippen LogP contribution in [0, 0.1) is 11.3 Å². The molecule has 1 amide bonds. The maximum atomic E-state index is 12.0. The fourth-order valence-electron chi connectivity index (χ4n) is 2.14. The standard InChI is InChI=1S/C18H20N4O2/c1-24-9-5-8-20-18(23)17(11-19)10-16-12-21-22(14-16)13-15-6-3-2-4-7-15/h2-4,6-7,10,12,14H,5,8-9,13H2,1H3,(H,20,23)/b17-10+. The molecule has 0 bridgehead atoms. The zero-order chi connectivity index (χ0) is 17.2. The van der Waals surface area contributed by atoms with E-state index in [0.29, 0.717) is 26.1 Å². The van der Waals surface area contributed by atoms with Gasteiger partial charge in [-0.3, -0.25) is 9.48 Å². The highest BCUT2D eigenvalue weighted by molar-refractivity contribution is 6.01. The molecule has 0 radical (unpaired) electrons. The predicted octanol–water partition coefficient (Wildman–Crippen LogP) is 1.99. The van der Waals surface area contributed by atoms with Gasteiger partial charge in [0.2, 0.25) is 0 Å². The van der Waals surface area contributed by atoms with Crippen LogP contribution in [0.3, 0.4) is 0 Å². The van der Waals surface area contributed by atoms with Crippen molar-refractivity contribution in [3.63, 3.8) is 0 Å². The Morgan fingerprint density at radius 3 is 2.92 bits per heavy atom. The molecular weight excluding hydrogens is 304 g/mol. The first-order chi connectivity index (χ1) is 11.7. The molecule has 1 aromatic heterocycles. The van der Waals surface area contributed by atoms with Crippen LogP contribution < -0.4 is 5.32 Å². The smallest absolute Gasteiger partial charge is 0.261 e. The Bertz CT molecular complexity index is 729. The van der Waals surface area contributed by atoms with Gasteiger partial charge in [0.25, 0.3) is 5.91 Å². The largest absolute Gasteiger partial charge is 0.385 e. The Labute approximate surface area is 141 Å². The number of carbonyl (C=O) groups excluding carboxylic acids is 1. The van der Waals surface area contributed by atoms with Gasteiger partial charge in [0.15, 0.2) is 0 Å². The fraction of sp³-hybridized carbons (Fsp3) is 0.278. The van der Waals surface area contributed by atoms with Gasteiger partial charge in [-0.1, -0.05) is 30.3 Å². The van der Waals surface area contributed by atoms with E-state index >= 15 is 0 Å². The number of aromatic nitrogens is 2. The summed E-state index contributed by atoms with van der Waals surface area (Å²) in [5.74, 6) is -0.385. The molecule has 2 aromatic rings. The highest BCUT2D eigenvalue weighted by Gasteiger charge is 2.09. The Morgan fingerprint density at radius 2 is 2.21 bits per heavy atom. The first-order valence-corrected chi connectivity index (χ1v) is 7.68. The van der Waals surface area contributed by atoms with Gasteiger partial charge in [-0.25, -0.2) is 0 Å². The van der Waals surface area contributed by atoms with Gasteiger partial charge in [0.1, 0.15) is 11.6 Å². The Balaban J connectivity index is 1.98. The minimum absolute atomic E-state index is 0.0617. The summed E-state index contributed by atoms with van der Waals surface area (Å²) in [7, 11) is 1.61. The minimum Gasteiger partial charge on any atom is -0.385 e. The van der Waals surface area contributed by atoms with Crippen molar-refractivity contribution < 1.29 is 9.53 Å². The summed E-state index contributed by atoms with van der Waals surface area (Å²) < 4.78 is 6.69. The first kappa shape index (κ1) is 17.4. The molecule has 0 spiro atoms. The molecule has 0 unspecified atom stereocenters. The Hall–Kier alpha value is -2.91. The molecule has 24 heavy (non-hydrogen) atoms. The van der Waals surface area contributed by atoms with Gasteiger partial charge in [0, 0.05) is 32.0 Å². The average molecular weight is 324 g/mol. The number of nitriles is 1. The zero-order valence-electron chi connectivity index (χ0n) is 13.6. The quantitative estimate of drug-likeness (QED) is 0.457. The number of rotatable bonds is 8. The normalized spacial score (nSPS) is 11.1. The van der Waals surface area contributed by atoms with Crippen LogP contribution in [-0.4, -0.2) is 35.9 Å². The van der Waals surface area contributed by atoms with Crippen molar-refractivity contribution in [3.8, 4) is 6.07 Å². The van der Waals surface area contributed by atoms with Crippen LogP contribution in [0.4, 0.5) is 0 Å². The number of nitrogens with one attached hydrogen (secondary N) is 1. The molecular formula is C18H20N4O2. The molecule has 0 aliphatic carbocycles. The average Bonchev–Trinajstić information content (AvgIpc) is 3.04. The van der Waals surface area contributed by atoms with Crippen LogP contribution in [0.2, 0.25) is 0 Å². The molecule has 1 heterocycles. The lowest BCUT2D eigenvalue weighted by Gasteiger charge is -2.03. The van der Waals surface area contributed by atoms with E-state index in [9.17, 15) is 10.1 Å². The maximum Gasteiger partial charge on any atom is 0.261 e. The molecule has 1 aromatic carbocycles. The third-order valence-electron chi connectivity index (χ3n) is 3.33. The number of nitrogens with zero attached hydrogens (tertiary/aromatic N) is 3. The number of ether oxygens (including phenoxy) is 1. The van der Waals surface area contributed by atoms with Crippen molar-refractivity contribution in [1.29, 1.82) is 5.26 Å². The van der Waals surface area contributed by atoms with E-state index in [1.165, 1.54) is 0 Å². The number of methoxy groups -OCH3 is 1. The molecule has 2 rings (SSSR count). The molecule has 0 aliphatic heterocycles. The summed E-state index contributed by atoms with van der Waals surface area (Å²) in [5.41, 5.74) is 1.91. The third kappa shape index (κ3) is 5.38. The van der Waals surface area contributed by atoms with E-state index in [1.54, 1.807) is 24.1 Å². The SMILES string of the molecule is COCCCNC(=O)/C(C#N)=C/c1cnn(Cc2ccccc2)c1. The second kappa shape index (κ2) is 9.28. The van der Waals surface area contributed by atoms with Crippen LogP contribution in [0.25, 0.3) is 6.08 Å². The topological polar surface area (TPSA) is 79.9 Å². The minimum atomic E-state index is -0.385. The highest BCUT2D eigenvalue weighted by atomic mass is 16.5. The Kier molecular flexibility index (Phi) is 6.74. The van der Waals surface area contributed by atoms with E-state index in [0.717, 1.165) is 11.1 Å². The lowest BCUT2D eigenvalue weighted by molar-refractivity contribution is -0.117. The van der Waals surface area contributed by atoms with E-state index in [-0.39, 0.29) is 11.5 Å². The van der Waals surface area contributed by atoms with Gasteiger partial charge in [0.05, 0.1) is 12.7 Å². The van der Waals surface area contributed by atoms with E-state index in [2.05, 4.69) is 10.4 Å². The van der Waals surface area contributed by atoms with Crippen molar-refractivity contribution in [2.45, 2.75) is 13.0 Å². The van der Waals surface area contributed by atoms with Gasteiger partial charge in [-0.05, 0) is 18.1 Å². The maximum absolute atomic E-state index is 12.0. The summed E-state index contributed by atoms with van der Waals surface area (Å²) in [5, 5.41) is 16.1. The van der Waals surface area contributed by atoms with Crippen LogP contribution in [0.1, 0.15) is 17.5 Å². The number of carbonyl (C=O) groups is 1. The number of benzene rings is 1. The summed E-state index contributed by atoms with van der Waals surface area (Å²) in [6.07, 6.45) is 5.69.